The van der Waals surface area contributed by atoms with E-state index in [-0.39, 0.29) is 11.9 Å². The predicted octanol–water partition coefficient (Wildman–Crippen LogP) is 1.65. The summed E-state index contributed by atoms with van der Waals surface area (Å²) in [5.41, 5.74) is 0.411. The first-order valence-electron chi connectivity index (χ1n) is 6.58. The van der Waals surface area contributed by atoms with E-state index < -0.39 is 0 Å². The number of nitrogens with zero attached hydrogens (tertiary/aromatic N) is 2. The molecular formula is C14H20N2O4. The van der Waals surface area contributed by atoms with Crippen molar-refractivity contribution in [2.45, 2.75) is 20.3 Å². The highest BCUT2D eigenvalue weighted by atomic mass is 16.5. The van der Waals surface area contributed by atoms with Gasteiger partial charge in [-0.1, -0.05) is 0 Å². The Morgan fingerprint density at radius 1 is 1.20 bits per heavy atom. The summed E-state index contributed by atoms with van der Waals surface area (Å²) in [6, 6.07) is 3.37. The van der Waals surface area contributed by atoms with Crippen LogP contribution in [0, 0.1) is 0 Å². The van der Waals surface area contributed by atoms with Gasteiger partial charge in [-0.25, -0.2) is 9.78 Å². The average Bonchev–Trinajstić information content (AvgIpc) is 2.45. The minimum Gasteiger partial charge on any atom is -0.466 e. The molecule has 0 radical (unpaired) electrons. The molecule has 0 unspecified atom stereocenters. The molecule has 20 heavy (non-hydrogen) atoms. The summed E-state index contributed by atoms with van der Waals surface area (Å²) >= 11 is 0. The van der Waals surface area contributed by atoms with Gasteiger partial charge in [0.15, 0.2) is 0 Å². The van der Waals surface area contributed by atoms with Crippen LogP contribution in [0.25, 0.3) is 0 Å². The van der Waals surface area contributed by atoms with E-state index >= 15 is 0 Å². The molecule has 0 atom stereocenters. The minimum atomic E-state index is -0.388. The summed E-state index contributed by atoms with van der Waals surface area (Å²) in [6.07, 6.45) is 1.76. The van der Waals surface area contributed by atoms with Crippen molar-refractivity contribution in [1.29, 1.82) is 0 Å². The normalized spacial score (nSPS) is 9.95. The molecule has 0 amide bonds. The molecule has 110 valence electrons. The summed E-state index contributed by atoms with van der Waals surface area (Å²) in [7, 11) is 1.82. The highest BCUT2D eigenvalue weighted by molar-refractivity contribution is 5.89. The van der Waals surface area contributed by atoms with Gasteiger partial charge in [-0.05, 0) is 26.0 Å². The fourth-order valence-electron chi connectivity index (χ4n) is 1.55. The van der Waals surface area contributed by atoms with Crippen molar-refractivity contribution in [2.75, 3.05) is 31.7 Å². The Kier molecular flexibility index (Phi) is 6.49. The van der Waals surface area contributed by atoms with E-state index in [0.717, 1.165) is 0 Å². The monoisotopic (exact) mass is 280 g/mol. The third-order valence-electron chi connectivity index (χ3n) is 2.61. The first-order valence-corrected chi connectivity index (χ1v) is 6.58. The van der Waals surface area contributed by atoms with E-state index in [4.69, 9.17) is 9.47 Å². The zero-order valence-corrected chi connectivity index (χ0v) is 12.1. The second kappa shape index (κ2) is 8.14. The lowest BCUT2D eigenvalue weighted by atomic mass is 10.3. The molecule has 0 N–H and O–H groups in total. The summed E-state index contributed by atoms with van der Waals surface area (Å²) in [5.74, 6) is 0.0607. The Morgan fingerprint density at radius 3 is 2.45 bits per heavy atom. The number of anilines is 1. The molecule has 0 aliphatic heterocycles. The van der Waals surface area contributed by atoms with E-state index in [0.29, 0.717) is 37.6 Å². The van der Waals surface area contributed by atoms with Crippen LogP contribution in [0.4, 0.5) is 5.82 Å². The van der Waals surface area contributed by atoms with E-state index in [9.17, 15) is 9.59 Å². The number of carbonyl (C=O) groups is 2. The van der Waals surface area contributed by atoms with E-state index in [1.165, 1.54) is 6.20 Å². The summed E-state index contributed by atoms with van der Waals surface area (Å²) in [4.78, 5) is 28.7. The molecule has 0 saturated carbocycles. The molecule has 0 aliphatic rings. The molecule has 1 rings (SSSR count). The molecule has 0 spiro atoms. The number of carbonyl (C=O) groups excluding carboxylic acids is 2. The van der Waals surface area contributed by atoms with Crippen molar-refractivity contribution in [3.8, 4) is 0 Å². The van der Waals surface area contributed by atoms with Gasteiger partial charge in [-0.2, -0.15) is 0 Å². The van der Waals surface area contributed by atoms with Crippen molar-refractivity contribution >= 4 is 17.8 Å². The Labute approximate surface area is 118 Å². The number of hydrogen-bond acceptors (Lipinski definition) is 6. The van der Waals surface area contributed by atoms with Gasteiger partial charge in [0.05, 0.1) is 25.2 Å². The highest BCUT2D eigenvalue weighted by Crippen LogP contribution is 2.11. The first-order chi connectivity index (χ1) is 9.58. The average molecular weight is 280 g/mol. The van der Waals surface area contributed by atoms with Crippen molar-refractivity contribution in [3.63, 3.8) is 0 Å². The molecule has 6 heteroatoms. The Hall–Kier alpha value is -2.11. The van der Waals surface area contributed by atoms with Crippen LogP contribution in [0.5, 0.6) is 0 Å². The Morgan fingerprint density at radius 2 is 1.90 bits per heavy atom. The van der Waals surface area contributed by atoms with Crippen molar-refractivity contribution in [1.82, 2.24) is 4.98 Å². The van der Waals surface area contributed by atoms with Gasteiger partial charge >= 0.3 is 11.9 Å². The Bertz CT molecular complexity index is 445. The number of ether oxygens (including phenoxy) is 2. The zero-order valence-electron chi connectivity index (χ0n) is 12.1. The number of aromatic nitrogens is 1. The quantitative estimate of drug-likeness (QED) is 0.707. The molecule has 6 nitrogen and oxygen atoms in total. The van der Waals surface area contributed by atoms with Crippen LogP contribution < -0.4 is 4.90 Å². The minimum absolute atomic E-state index is 0.234. The SMILES string of the molecule is CCOC(=O)CCN(C)c1ccc(C(=O)OCC)cn1. The van der Waals surface area contributed by atoms with Crippen LogP contribution in [-0.2, 0) is 14.3 Å². The lowest BCUT2D eigenvalue weighted by molar-refractivity contribution is -0.142. The number of esters is 2. The molecule has 0 aromatic carbocycles. The molecule has 0 aliphatic carbocycles. The van der Waals surface area contributed by atoms with Gasteiger partial charge in [-0.15, -0.1) is 0 Å². The number of rotatable bonds is 7. The zero-order chi connectivity index (χ0) is 15.0. The highest BCUT2D eigenvalue weighted by Gasteiger charge is 2.10. The maximum atomic E-state index is 11.5. The van der Waals surface area contributed by atoms with Gasteiger partial charge < -0.3 is 14.4 Å². The fourth-order valence-corrected chi connectivity index (χ4v) is 1.55. The molecule has 0 saturated heterocycles. The van der Waals surface area contributed by atoms with Crippen LogP contribution in [0.15, 0.2) is 18.3 Å². The van der Waals surface area contributed by atoms with E-state index in [1.807, 2.05) is 11.9 Å². The second-order valence-electron chi connectivity index (χ2n) is 4.10. The molecule has 0 fully saturated rings. The molecule has 1 aromatic rings. The maximum Gasteiger partial charge on any atom is 0.339 e. The van der Waals surface area contributed by atoms with Crippen molar-refractivity contribution in [2.24, 2.45) is 0 Å². The third kappa shape index (κ3) is 4.87. The number of pyridine rings is 1. The predicted molar refractivity (Wildman–Crippen MR) is 74.7 cm³/mol. The van der Waals surface area contributed by atoms with Gasteiger partial charge in [0, 0.05) is 19.8 Å². The summed E-state index contributed by atoms with van der Waals surface area (Å²) in [5, 5.41) is 0. The van der Waals surface area contributed by atoms with Crippen LogP contribution >= 0.6 is 0 Å². The standard InChI is InChI=1S/C14H20N2O4/c1-4-19-13(17)8-9-16(3)12-7-6-11(10-15-12)14(18)20-5-2/h6-7,10H,4-5,8-9H2,1-3H3. The van der Waals surface area contributed by atoms with Crippen LogP contribution in [0.2, 0.25) is 0 Å². The largest absolute Gasteiger partial charge is 0.466 e. The molecule has 1 heterocycles. The van der Waals surface area contributed by atoms with Crippen LogP contribution in [0.1, 0.15) is 30.6 Å². The molecular weight excluding hydrogens is 260 g/mol. The fraction of sp³-hybridized carbons (Fsp3) is 0.500. The summed E-state index contributed by atoms with van der Waals surface area (Å²) < 4.78 is 9.74. The van der Waals surface area contributed by atoms with Crippen molar-refractivity contribution in [3.05, 3.63) is 23.9 Å². The number of hydrogen-bond donors (Lipinski definition) is 0. The van der Waals surface area contributed by atoms with Crippen LogP contribution in [0.3, 0.4) is 0 Å². The molecule has 1 aromatic heterocycles. The molecule has 0 bridgehead atoms. The van der Waals surface area contributed by atoms with Gasteiger partial charge in [0.2, 0.25) is 0 Å². The summed E-state index contributed by atoms with van der Waals surface area (Å²) in [6.45, 7) is 4.75. The Balaban J connectivity index is 2.55. The third-order valence-corrected chi connectivity index (χ3v) is 2.61. The van der Waals surface area contributed by atoms with Gasteiger partial charge in [0.25, 0.3) is 0 Å². The lowest BCUT2D eigenvalue weighted by Crippen LogP contribution is -2.23. The second-order valence-corrected chi connectivity index (χ2v) is 4.10. The lowest BCUT2D eigenvalue weighted by Gasteiger charge is -2.17. The maximum absolute atomic E-state index is 11.5. The van der Waals surface area contributed by atoms with Crippen LogP contribution in [-0.4, -0.2) is 43.7 Å². The van der Waals surface area contributed by atoms with Crippen molar-refractivity contribution < 1.29 is 19.1 Å². The smallest absolute Gasteiger partial charge is 0.339 e. The van der Waals surface area contributed by atoms with Gasteiger partial charge in [-0.3, -0.25) is 4.79 Å². The first kappa shape index (κ1) is 15.9. The van der Waals surface area contributed by atoms with E-state index in [2.05, 4.69) is 4.98 Å². The van der Waals surface area contributed by atoms with Gasteiger partial charge in [0.1, 0.15) is 5.82 Å². The van der Waals surface area contributed by atoms with E-state index in [1.54, 1.807) is 26.0 Å². The topological polar surface area (TPSA) is 68.7 Å².